The van der Waals surface area contributed by atoms with Crippen LogP contribution in [0.5, 0.6) is 11.5 Å². The summed E-state index contributed by atoms with van der Waals surface area (Å²) in [5.74, 6) is -0.157. The first kappa shape index (κ1) is 21.2. The summed E-state index contributed by atoms with van der Waals surface area (Å²) in [6.45, 7) is 0.00890. The molecule has 3 aromatic rings. The minimum Gasteiger partial charge on any atom is -0.485 e. The molecule has 0 radical (unpaired) electrons. The highest BCUT2D eigenvalue weighted by molar-refractivity contribution is 7.92. The van der Waals surface area contributed by atoms with E-state index in [0.717, 1.165) is 0 Å². The second-order valence-corrected chi connectivity index (χ2v) is 8.49. The number of carbonyl (C=O) groups excluding carboxylic acids is 2. The maximum absolute atomic E-state index is 12.4. The molecule has 0 aromatic heterocycles. The SMILES string of the molecule is O=C(NNC(=O)C1COc2ccccc2O1)c1ccc(NS(=O)(=O)c2ccccc2)cc1. The third-order valence-corrected chi connectivity index (χ3v) is 5.95. The van der Waals surface area contributed by atoms with Crippen molar-refractivity contribution in [1.29, 1.82) is 0 Å². The molecular weight excluding hydrogens is 434 g/mol. The van der Waals surface area contributed by atoms with E-state index in [9.17, 15) is 18.0 Å². The number of carbonyl (C=O) groups is 2. The second kappa shape index (κ2) is 8.98. The first-order valence-corrected chi connectivity index (χ1v) is 11.1. The highest BCUT2D eigenvalue weighted by Crippen LogP contribution is 2.30. The standard InChI is InChI=1S/C22H19N3O6S/c26-21(23-24-22(27)20-14-30-18-8-4-5-9-19(18)31-20)15-10-12-16(13-11-15)25-32(28,29)17-6-2-1-3-7-17/h1-13,20,25H,14H2,(H,23,26)(H,24,27). The van der Waals surface area contributed by atoms with Crippen LogP contribution in [0.2, 0.25) is 0 Å². The number of rotatable bonds is 5. The smallest absolute Gasteiger partial charge is 0.283 e. The van der Waals surface area contributed by atoms with Crippen molar-refractivity contribution in [3.8, 4) is 11.5 Å². The number of anilines is 1. The average molecular weight is 453 g/mol. The first-order valence-electron chi connectivity index (χ1n) is 9.59. The van der Waals surface area contributed by atoms with Crippen LogP contribution in [0.1, 0.15) is 10.4 Å². The van der Waals surface area contributed by atoms with Crippen LogP contribution in [-0.2, 0) is 14.8 Å². The van der Waals surface area contributed by atoms with Crippen LogP contribution >= 0.6 is 0 Å². The monoisotopic (exact) mass is 453 g/mol. The third kappa shape index (κ3) is 4.81. The Bertz CT molecular complexity index is 1230. The van der Waals surface area contributed by atoms with Gasteiger partial charge in [0.1, 0.15) is 6.61 Å². The van der Waals surface area contributed by atoms with E-state index in [-0.39, 0.29) is 17.1 Å². The number of hydrazine groups is 1. The molecule has 1 aliphatic heterocycles. The van der Waals surface area contributed by atoms with Crippen molar-refractivity contribution < 1.29 is 27.5 Å². The van der Waals surface area contributed by atoms with Crippen molar-refractivity contribution >= 4 is 27.5 Å². The Hall–Kier alpha value is -4.05. The Balaban J connectivity index is 1.32. The number of sulfonamides is 1. The number of hydrogen-bond acceptors (Lipinski definition) is 6. The minimum absolute atomic E-state index is 0.00890. The maximum Gasteiger partial charge on any atom is 0.283 e. The summed E-state index contributed by atoms with van der Waals surface area (Å²) in [7, 11) is -3.73. The zero-order valence-corrected chi connectivity index (χ0v) is 17.5. The highest BCUT2D eigenvalue weighted by Gasteiger charge is 2.27. The Labute approximate surface area is 184 Å². The molecule has 3 N–H and O–H groups in total. The van der Waals surface area contributed by atoms with Gasteiger partial charge in [-0.1, -0.05) is 30.3 Å². The maximum atomic E-state index is 12.4. The van der Waals surface area contributed by atoms with E-state index >= 15 is 0 Å². The van der Waals surface area contributed by atoms with Gasteiger partial charge in [0.25, 0.3) is 21.8 Å². The lowest BCUT2D eigenvalue weighted by Crippen LogP contribution is -2.50. The van der Waals surface area contributed by atoms with Gasteiger partial charge in [-0.15, -0.1) is 0 Å². The molecule has 0 bridgehead atoms. The number of amides is 2. The Morgan fingerprint density at radius 3 is 2.19 bits per heavy atom. The van der Waals surface area contributed by atoms with Gasteiger partial charge in [0.15, 0.2) is 11.5 Å². The largest absolute Gasteiger partial charge is 0.485 e. The number of para-hydroxylation sites is 2. The predicted octanol–water partition coefficient (Wildman–Crippen LogP) is 2.09. The lowest BCUT2D eigenvalue weighted by atomic mass is 10.2. The van der Waals surface area contributed by atoms with Gasteiger partial charge < -0.3 is 9.47 Å². The fourth-order valence-electron chi connectivity index (χ4n) is 2.92. The summed E-state index contributed by atoms with van der Waals surface area (Å²) >= 11 is 0. The van der Waals surface area contributed by atoms with Gasteiger partial charge in [-0.3, -0.25) is 25.2 Å². The van der Waals surface area contributed by atoms with E-state index in [0.29, 0.717) is 17.2 Å². The molecule has 9 nitrogen and oxygen atoms in total. The summed E-state index contributed by atoms with van der Waals surface area (Å²) in [5, 5.41) is 0. The molecule has 2 amide bonds. The van der Waals surface area contributed by atoms with Crippen LogP contribution in [0.15, 0.2) is 83.8 Å². The van der Waals surface area contributed by atoms with Gasteiger partial charge in [0, 0.05) is 11.3 Å². The Kier molecular flexibility index (Phi) is 5.95. The van der Waals surface area contributed by atoms with Crippen LogP contribution in [0.25, 0.3) is 0 Å². The van der Waals surface area contributed by atoms with Gasteiger partial charge >= 0.3 is 0 Å². The van der Waals surface area contributed by atoms with Crippen molar-refractivity contribution in [2.45, 2.75) is 11.0 Å². The van der Waals surface area contributed by atoms with Crippen molar-refractivity contribution in [3.63, 3.8) is 0 Å². The molecule has 10 heteroatoms. The molecule has 1 atom stereocenters. The number of hydrogen-bond donors (Lipinski definition) is 3. The Morgan fingerprint density at radius 2 is 1.47 bits per heavy atom. The normalized spacial score (nSPS) is 14.8. The van der Waals surface area contributed by atoms with Crippen LogP contribution in [0.4, 0.5) is 5.69 Å². The molecule has 32 heavy (non-hydrogen) atoms. The van der Waals surface area contributed by atoms with Gasteiger partial charge in [0.2, 0.25) is 6.10 Å². The van der Waals surface area contributed by atoms with Crippen molar-refractivity contribution in [3.05, 3.63) is 84.4 Å². The molecule has 0 saturated carbocycles. The molecule has 0 aliphatic carbocycles. The van der Waals surface area contributed by atoms with E-state index in [1.54, 1.807) is 42.5 Å². The van der Waals surface area contributed by atoms with Gasteiger partial charge in [-0.05, 0) is 48.5 Å². The van der Waals surface area contributed by atoms with Gasteiger partial charge in [0.05, 0.1) is 4.90 Å². The third-order valence-electron chi connectivity index (χ3n) is 4.55. The van der Waals surface area contributed by atoms with E-state index in [2.05, 4.69) is 15.6 Å². The van der Waals surface area contributed by atoms with Crippen LogP contribution in [-0.4, -0.2) is 32.9 Å². The van der Waals surface area contributed by atoms with Crippen molar-refractivity contribution in [1.82, 2.24) is 10.9 Å². The van der Waals surface area contributed by atoms with E-state index in [1.807, 2.05) is 0 Å². The zero-order valence-electron chi connectivity index (χ0n) is 16.6. The minimum atomic E-state index is -3.73. The molecule has 3 aromatic carbocycles. The van der Waals surface area contributed by atoms with Crippen LogP contribution < -0.4 is 25.0 Å². The summed E-state index contributed by atoms with van der Waals surface area (Å²) in [4.78, 5) is 24.7. The summed E-state index contributed by atoms with van der Waals surface area (Å²) < 4.78 is 38.2. The highest BCUT2D eigenvalue weighted by atomic mass is 32.2. The number of nitrogens with one attached hydrogen (secondary N) is 3. The lowest BCUT2D eigenvalue weighted by Gasteiger charge is -2.25. The van der Waals surface area contributed by atoms with Gasteiger partial charge in [-0.25, -0.2) is 8.42 Å². The lowest BCUT2D eigenvalue weighted by molar-refractivity contribution is -0.131. The molecule has 1 heterocycles. The molecule has 4 rings (SSSR count). The quantitative estimate of drug-likeness (QED) is 0.509. The molecule has 1 aliphatic rings. The fourth-order valence-corrected chi connectivity index (χ4v) is 4.00. The molecular formula is C22H19N3O6S. The summed E-state index contributed by atoms with van der Waals surface area (Å²) in [6.07, 6.45) is -0.917. The second-order valence-electron chi connectivity index (χ2n) is 6.80. The molecule has 0 fully saturated rings. The molecule has 164 valence electrons. The van der Waals surface area contributed by atoms with E-state index in [1.165, 1.54) is 36.4 Å². The number of ether oxygens (including phenoxy) is 2. The topological polar surface area (TPSA) is 123 Å². The number of benzene rings is 3. The molecule has 1 unspecified atom stereocenters. The molecule has 0 spiro atoms. The zero-order chi connectivity index (χ0) is 22.6. The van der Waals surface area contributed by atoms with Crippen LogP contribution in [0.3, 0.4) is 0 Å². The summed E-state index contributed by atoms with van der Waals surface area (Å²) in [5.41, 5.74) is 5.12. The Morgan fingerprint density at radius 1 is 0.812 bits per heavy atom. The van der Waals surface area contributed by atoms with Crippen LogP contribution in [0, 0.1) is 0 Å². The summed E-state index contributed by atoms with van der Waals surface area (Å²) in [6, 6.07) is 20.7. The predicted molar refractivity (Wildman–Crippen MR) is 116 cm³/mol. The van der Waals surface area contributed by atoms with Gasteiger partial charge in [-0.2, -0.15) is 0 Å². The van der Waals surface area contributed by atoms with Crippen molar-refractivity contribution in [2.75, 3.05) is 11.3 Å². The average Bonchev–Trinajstić information content (AvgIpc) is 2.83. The van der Waals surface area contributed by atoms with Crippen molar-refractivity contribution in [2.24, 2.45) is 0 Å². The fraction of sp³-hybridized carbons (Fsp3) is 0.0909. The number of fused-ring (bicyclic) bond motifs is 1. The van der Waals surface area contributed by atoms with E-state index < -0.39 is 27.9 Å². The molecule has 0 saturated heterocycles. The first-order chi connectivity index (χ1) is 15.4. The van der Waals surface area contributed by atoms with E-state index in [4.69, 9.17) is 9.47 Å².